The number of rotatable bonds is 6. The molecule has 0 aliphatic carbocycles. The molecule has 1 aliphatic rings. The van der Waals surface area contributed by atoms with Crippen LogP contribution in [0.3, 0.4) is 0 Å². The molecule has 2 aromatic rings. The van der Waals surface area contributed by atoms with E-state index < -0.39 is 10.0 Å². The second-order valence-corrected chi connectivity index (χ2v) is 8.72. The highest BCUT2D eigenvalue weighted by Crippen LogP contribution is 2.23. The Bertz CT molecular complexity index is 958. The number of halogens is 1. The van der Waals surface area contributed by atoms with Gasteiger partial charge in [0.15, 0.2) is 0 Å². The molecule has 1 amide bonds. The van der Waals surface area contributed by atoms with Gasteiger partial charge in [-0.15, -0.1) is 0 Å². The topological polar surface area (TPSA) is 70.2 Å². The van der Waals surface area contributed by atoms with Crippen molar-refractivity contribution in [2.24, 2.45) is 0 Å². The molecule has 0 bridgehead atoms. The van der Waals surface area contributed by atoms with Crippen LogP contribution in [0, 0.1) is 5.82 Å². The number of hydrogen-bond donors (Lipinski definition) is 0. The molecule has 1 heterocycles. The van der Waals surface area contributed by atoms with Crippen LogP contribution in [0.25, 0.3) is 0 Å². The number of anilines is 2. The maximum atomic E-state index is 13.1. The van der Waals surface area contributed by atoms with Gasteiger partial charge in [-0.1, -0.05) is 6.07 Å². The fourth-order valence-electron chi connectivity index (χ4n) is 3.25. The number of methoxy groups -OCH3 is 1. The summed E-state index contributed by atoms with van der Waals surface area (Å²) >= 11 is 0. The van der Waals surface area contributed by atoms with Crippen molar-refractivity contribution in [3.63, 3.8) is 0 Å². The van der Waals surface area contributed by atoms with Crippen molar-refractivity contribution in [2.75, 3.05) is 55.3 Å². The third kappa shape index (κ3) is 5.17. The van der Waals surface area contributed by atoms with E-state index in [1.54, 1.807) is 41.3 Å². The summed E-state index contributed by atoms with van der Waals surface area (Å²) in [5.74, 6) is -0.0468. The monoisotopic (exact) mass is 421 g/mol. The highest BCUT2D eigenvalue weighted by Gasteiger charge is 2.27. The Balaban J connectivity index is 1.67. The predicted octanol–water partition coefficient (Wildman–Crippen LogP) is 1.95. The number of hydrogen-bond acceptors (Lipinski definition) is 5. The van der Waals surface area contributed by atoms with Gasteiger partial charge in [0.1, 0.15) is 18.1 Å². The fourth-order valence-corrected chi connectivity index (χ4v) is 4.10. The first-order valence-corrected chi connectivity index (χ1v) is 11.0. The predicted molar refractivity (Wildman–Crippen MR) is 110 cm³/mol. The van der Waals surface area contributed by atoms with Gasteiger partial charge in [-0.3, -0.25) is 9.10 Å². The van der Waals surface area contributed by atoms with Crippen molar-refractivity contribution in [1.29, 1.82) is 0 Å². The molecule has 0 radical (unpaired) electrons. The molecule has 29 heavy (non-hydrogen) atoms. The zero-order chi connectivity index (χ0) is 21.0. The van der Waals surface area contributed by atoms with Gasteiger partial charge >= 0.3 is 0 Å². The molecule has 0 aromatic heterocycles. The Kier molecular flexibility index (Phi) is 6.26. The van der Waals surface area contributed by atoms with Crippen LogP contribution in [-0.2, 0) is 14.8 Å². The second kappa shape index (κ2) is 8.69. The standard InChI is InChI=1S/C20H24FN3O4S/c1-28-19-5-3-4-18(14-19)24(29(2,26)27)15-20(25)23-12-10-22(11-13-23)17-8-6-16(21)7-9-17/h3-9,14H,10-13,15H2,1-2H3. The molecule has 0 N–H and O–H groups in total. The Morgan fingerprint density at radius 3 is 2.34 bits per heavy atom. The molecule has 2 aromatic carbocycles. The number of benzene rings is 2. The molecule has 0 spiro atoms. The van der Waals surface area contributed by atoms with Gasteiger partial charge in [0.25, 0.3) is 0 Å². The van der Waals surface area contributed by atoms with Crippen LogP contribution in [0.1, 0.15) is 0 Å². The summed E-state index contributed by atoms with van der Waals surface area (Å²) in [6, 6.07) is 12.8. The van der Waals surface area contributed by atoms with Gasteiger partial charge in [0, 0.05) is 37.9 Å². The zero-order valence-corrected chi connectivity index (χ0v) is 17.2. The van der Waals surface area contributed by atoms with Gasteiger partial charge < -0.3 is 14.5 Å². The average Bonchev–Trinajstić information content (AvgIpc) is 2.71. The minimum absolute atomic E-state index is 0.267. The maximum Gasteiger partial charge on any atom is 0.243 e. The van der Waals surface area contributed by atoms with Gasteiger partial charge in [-0.25, -0.2) is 12.8 Å². The van der Waals surface area contributed by atoms with E-state index in [9.17, 15) is 17.6 Å². The number of amides is 1. The molecular weight excluding hydrogens is 397 g/mol. The summed E-state index contributed by atoms with van der Waals surface area (Å²) in [6.07, 6.45) is 1.08. The van der Waals surface area contributed by atoms with Crippen molar-refractivity contribution in [1.82, 2.24) is 4.90 Å². The first-order chi connectivity index (χ1) is 13.8. The first-order valence-electron chi connectivity index (χ1n) is 9.18. The van der Waals surface area contributed by atoms with E-state index in [4.69, 9.17) is 4.74 Å². The van der Waals surface area contributed by atoms with E-state index in [-0.39, 0.29) is 18.3 Å². The summed E-state index contributed by atoms with van der Waals surface area (Å²) in [6.45, 7) is 1.84. The lowest BCUT2D eigenvalue weighted by molar-refractivity contribution is -0.129. The Morgan fingerprint density at radius 2 is 1.76 bits per heavy atom. The first kappa shape index (κ1) is 20.9. The smallest absolute Gasteiger partial charge is 0.243 e. The van der Waals surface area contributed by atoms with E-state index in [0.29, 0.717) is 37.6 Å². The molecule has 1 fully saturated rings. The van der Waals surface area contributed by atoms with Crippen LogP contribution < -0.4 is 13.9 Å². The van der Waals surface area contributed by atoms with E-state index in [2.05, 4.69) is 4.90 Å². The quantitative estimate of drug-likeness (QED) is 0.713. The summed E-state index contributed by atoms with van der Waals surface area (Å²) in [4.78, 5) is 16.5. The van der Waals surface area contributed by atoms with Gasteiger partial charge in [0.2, 0.25) is 15.9 Å². The number of nitrogens with zero attached hydrogens (tertiary/aromatic N) is 3. The van der Waals surface area contributed by atoms with Crippen LogP contribution in [0.4, 0.5) is 15.8 Å². The lowest BCUT2D eigenvalue weighted by Crippen LogP contribution is -2.52. The Morgan fingerprint density at radius 1 is 1.10 bits per heavy atom. The molecule has 0 saturated carbocycles. The minimum atomic E-state index is -3.65. The van der Waals surface area contributed by atoms with Crippen molar-refractivity contribution in [3.05, 3.63) is 54.3 Å². The van der Waals surface area contributed by atoms with Crippen molar-refractivity contribution in [2.45, 2.75) is 0 Å². The maximum absolute atomic E-state index is 13.1. The summed E-state index contributed by atoms with van der Waals surface area (Å²) in [5.41, 5.74) is 1.28. The molecule has 156 valence electrons. The lowest BCUT2D eigenvalue weighted by Gasteiger charge is -2.37. The van der Waals surface area contributed by atoms with Crippen LogP contribution in [-0.4, -0.2) is 65.3 Å². The average molecular weight is 421 g/mol. The molecule has 1 aliphatic heterocycles. The highest BCUT2D eigenvalue weighted by molar-refractivity contribution is 7.92. The van der Waals surface area contributed by atoms with Gasteiger partial charge in [-0.2, -0.15) is 0 Å². The largest absolute Gasteiger partial charge is 0.497 e. The highest BCUT2D eigenvalue weighted by atomic mass is 32.2. The van der Waals surface area contributed by atoms with Gasteiger partial charge in [-0.05, 0) is 36.4 Å². The molecule has 1 saturated heterocycles. The number of ether oxygens (including phenoxy) is 1. The van der Waals surface area contributed by atoms with Gasteiger partial charge in [0.05, 0.1) is 19.1 Å². The number of sulfonamides is 1. The van der Waals surface area contributed by atoms with Crippen LogP contribution in [0.5, 0.6) is 5.75 Å². The van der Waals surface area contributed by atoms with Crippen molar-refractivity contribution >= 4 is 27.3 Å². The SMILES string of the molecule is COc1cccc(N(CC(=O)N2CCN(c3ccc(F)cc3)CC2)S(C)(=O)=O)c1. The normalized spacial score (nSPS) is 14.6. The van der Waals surface area contributed by atoms with E-state index in [1.165, 1.54) is 19.2 Å². The summed E-state index contributed by atoms with van der Waals surface area (Å²) < 4.78 is 43.9. The zero-order valence-electron chi connectivity index (χ0n) is 16.4. The van der Waals surface area contributed by atoms with E-state index >= 15 is 0 Å². The van der Waals surface area contributed by atoms with Crippen LogP contribution in [0.15, 0.2) is 48.5 Å². The second-order valence-electron chi connectivity index (χ2n) is 6.82. The third-order valence-corrected chi connectivity index (χ3v) is 5.99. The minimum Gasteiger partial charge on any atom is -0.497 e. The molecule has 0 atom stereocenters. The van der Waals surface area contributed by atoms with Crippen LogP contribution in [0.2, 0.25) is 0 Å². The van der Waals surface area contributed by atoms with Crippen LogP contribution >= 0.6 is 0 Å². The van der Waals surface area contributed by atoms with E-state index in [0.717, 1.165) is 16.2 Å². The lowest BCUT2D eigenvalue weighted by atomic mass is 10.2. The number of carbonyl (C=O) groups is 1. The van der Waals surface area contributed by atoms with E-state index in [1.807, 2.05) is 0 Å². The summed E-state index contributed by atoms with van der Waals surface area (Å²) in [7, 11) is -2.15. The number of piperazine rings is 1. The summed E-state index contributed by atoms with van der Waals surface area (Å²) in [5, 5.41) is 0. The molecule has 9 heteroatoms. The molecular formula is C20H24FN3O4S. The Labute approximate surface area is 170 Å². The molecule has 0 unspecified atom stereocenters. The van der Waals surface area contributed by atoms with Crippen molar-refractivity contribution in [3.8, 4) is 5.75 Å². The van der Waals surface area contributed by atoms with Crippen molar-refractivity contribution < 1.29 is 22.3 Å². The fraction of sp³-hybridized carbons (Fsp3) is 0.350. The molecule has 3 rings (SSSR count). The third-order valence-electron chi connectivity index (χ3n) is 4.84. The number of carbonyl (C=O) groups excluding carboxylic acids is 1. The Hall–Kier alpha value is -2.81. The molecule has 7 nitrogen and oxygen atoms in total.